The van der Waals surface area contributed by atoms with E-state index in [1.54, 1.807) is 7.11 Å². The first-order valence-electron chi connectivity index (χ1n) is 5.85. The predicted octanol–water partition coefficient (Wildman–Crippen LogP) is 2.38. The maximum absolute atomic E-state index is 6.23. The minimum atomic E-state index is 0.350. The molecule has 0 spiro atoms. The summed E-state index contributed by atoms with van der Waals surface area (Å²) in [7, 11) is 1.63. The van der Waals surface area contributed by atoms with Gasteiger partial charge in [0.2, 0.25) is 0 Å². The maximum Gasteiger partial charge on any atom is 0.120 e. The van der Waals surface area contributed by atoms with Gasteiger partial charge >= 0.3 is 0 Å². The molecular weight excluding hydrogens is 236 g/mol. The van der Waals surface area contributed by atoms with E-state index in [2.05, 4.69) is 6.92 Å². The summed E-state index contributed by atoms with van der Waals surface area (Å²) >= 11 is 6.23. The standard InChI is InChI=1S/C13H21ClN2O/c1-9(5-10(7-15)8-16)12-4-3-11(17-2)6-13(12)14/h3-4,6,9-10H,5,7-8,15-16H2,1-2H3. The van der Waals surface area contributed by atoms with Crippen LogP contribution in [-0.2, 0) is 0 Å². The van der Waals surface area contributed by atoms with E-state index in [1.165, 1.54) is 0 Å². The molecule has 0 fully saturated rings. The van der Waals surface area contributed by atoms with Crippen LogP contribution in [0, 0.1) is 5.92 Å². The van der Waals surface area contributed by atoms with Crippen LogP contribution in [0.2, 0.25) is 5.02 Å². The second kappa shape index (κ2) is 6.84. The molecule has 0 bridgehead atoms. The van der Waals surface area contributed by atoms with Crippen molar-refractivity contribution >= 4 is 11.6 Å². The van der Waals surface area contributed by atoms with Gasteiger partial charge in [0, 0.05) is 5.02 Å². The smallest absolute Gasteiger partial charge is 0.120 e. The summed E-state index contributed by atoms with van der Waals surface area (Å²) in [6.07, 6.45) is 0.957. The van der Waals surface area contributed by atoms with E-state index < -0.39 is 0 Å². The Balaban J connectivity index is 2.78. The Kier molecular flexibility index (Phi) is 5.75. The van der Waals surface area contributed by atoms with Crippen LogP contribution in [0.25, 0.3) is 0 Å². The summed E-state index contributed by atoms with van der Waals surface area (Å²) in [6, 6.07) is 5.78. The van der Waals surface area contributed by atoms with Gasteiger partial charge in [0.1, 0.15) is 5.75 Å². The molecule has 17 heavy (non-hydrogen) atoms. The molecule has 1 atom stereocenters. The van der Waals surface area contributed by atoms with Gasteiger partial charge < -0.3 is 16.2 Å². The Morgan fingerprint density at radius 2 is 1.94 bits per heavy atom. The fourth-order valence-corrected chi connectivity index (χ4v) is 2.31. The highest BCUT2D eigenvalue weighted by molar-refractivity contribution is 6.31. The van der Waals surface area contributed by atoms with Gasteiger partial charge in [-0.05, 0) is 49.0 Å². The van der Waals surface area contributed by atoms with Crippen LogP contribution in [0.1, 0.15) is 24.8 Å². The molecule has 0 aromatic heterocycles. The van der Waals surface area contributed by atoms with Crippen molar-refractivity contribution in [1.82, 2.24) is 0 Å². The fourth-order valence-electron chi connectivity index (χ4n) is 1.95. The zero-order valence-electron chi connectivity index (χ0n) is 10.4. The van der Waals surface area contributed by atoms with Crippen LogP contribution in [0.15, 0.2) is 18.2 Å². The van der Waals surface area contributed by atoms with E-state index in [1.807, 2.05) is 18.2 Å². The molecule has 0 aliphatic rings. The Morgan fingerprint density at radius 1 is 1.29 bits per heavy atom. The molecule has 1 aromatic rings. The van der Waals surface area contributed by atoms with E-state index >= 15 is 0 Å². The molecule has 4 N–H and O–H groups in total. The Morgan fingerprint density at radius 3 is 2.41 bits per heavy atom. The molecule has 0 aliphatic heterocycles. The number of halogens is 1. The molecule has 0 radical (unpaired) electrons. The van der Waals surface area contributed by atoms with Crippen molar-refractivity contribution in [3.8, 4) is 5.75 Å². The van der Waals surface area contributed by atoms with Crippen molar-refractivity contribution in [3.63, 3.8) is 0 Å². The molecule has 0 saturated carbocycles. The quantitative estimate of drug-likeness (QED) is 0.822. The van der Waals surface area contributed by atoms with Crippen LogP contribution in [0.5, 0.6) is 5.75 Å². The molecule has 0 amide bonds. The highest BCUT2D eigenvalue weighted by atomic mass is 35.5. The normalized spacial score (nSPS) is 12.8. The number of hydrogen-bond donors (Lipinski definition) is 2. The number of rotatable bonds is 6. The molecule has 0 saturated heterocycles. The second-order valence-electron chi connectivity index (χ2n) is 4.36. The maximum atomic E-state index is 6.23. The van der Waals surface area contributed by atoms with Crippen molar-refractivity contribution in [1.29, 1.82) is 0 Å². The predicted molar refractivity (Wildman–Crippen MR) is 72.6 cm³/mol. The summed E-state index contributed by atoms with van der Waals surface area (Å²) in [6.45, 7) is 3.38. The van der Waals surface area contributed by atoms with E-state index in [4.69, 9.17) is 27.8 Å². The Bertz CT molecular complexity index is 353. The van der Waals surface area contributed by atoms with Gasteiger partial charge in [-0.15, -0.1) is 0 Å². The summed E-state index contributed by atoms with van der Waals surface area (Å²) in [5.74, 6) is 1.48. The van der Waals surface area contributed by atoms with Gasteiger partial charge in [-0.3, -0.25) is 0 Å². The lowest BCUT2D eigenvalue weighted by Crippen LogP contribution is -2.24. The van der Waals surface area contributed by atoms with Crippen molar-refractivity contribution in [2.24, 2.45) is 17.4 Å². The van der Waals surface area contributed by atoms with Gasteiger partial charge in [-0.1, -0.05) is 24.6 Å². The molecule has 1 rings (SSSR count). The first-order chi connectivity index (χ1) is 8.12. The van der Waals surface area contributed by atoms with E-state index in [9.17, 15) is 0 Å². The third-order valence-corrected chi connectivity index (χ3v) is 3.42. The van der Waals surface area contributed by atoms with Crippen molar-refractivity contribution in [3.05, 3.63) is 28.8 Å². The zero-order valence-corrected chi connectivity index (χ0v) is 11.2. The molecule has 1 aromatic carbocycles. The first-order valence-corrected chi connectivity index (χ1v) is 6.23. The molecule has 96 valence electrons. The van der Waals surface area contributed by atoms with Crippen LogP contribution in [0.3, 0.4) is 0 Å². The fraction of sp³-hybridized carbons (Fsp3) is 0.538. The summed E-state index contributed by atoms with van der Waals surface area (Å²) in [5, 5.41) is 0.740. The topological polar surface area (TPSA) is 61.3 Å². The molecule has 3 nitrogen and oxygen atoms in total. The number of hydrogen-bond acceptors (Lipinski definition) is 3. The number of ether oxygens (including phenoxy) is 1. The Hall–Kier alpha value is -0.770. The molecular formula is C13H21ClN2O. The average Bonchev–Trinajstić information content (AvgIpc) is 2.35. The zero-order chi connectivity index (χ0) is 12.8. The van der Waals surface area contributed by atoms with Crippen molar-refractivity contribution in [2.75, 3.05) is 20.2 Å². The Labute approximate surface area is 108 Å². The van der Waals surface area contributed by atoms with Crippen LogP contribution in [-0.4, -0.2) is 20.2 Å². The molecule has 0 aliphatic carbocycles. The third-order valence-electron chi connectivity index (χ3n) is 3.09. The molecule has 4 heteroatoms. The number of benzene rings is 1. The van der Waals surface area contributed by atoms with Gasteiger partial charge in [0.25, 0.3) is 0 Å². The summed E-state index contributed by atoms with van der Waals surface area (Å²) < 4.78 is 5.13. The lowest BCUT2D eigenvalue weighted by Gasteiger charge is -2.19. The first kappa shape index (κ1) is 14.3. The van der Waals surface area contributed by atoms with Crippen LogP contribution in [0.4, 0.5) is 0 Å². The largest absolute Gasteiger partial charge is 0.497 e. The van der Waals surface area contributed by atoms with E-state index in [0.717, 1.165) is 22.8 Å². The van der Waals surface area contributed by atoms with E-state index in [0.29, 0.717) is 24.9 Å². The molecule has 0 heterocycles. The third kappa shape index (κ3) is 3.87. The van der Waals surface area contributed by atoms with Gasteiger partial charge in [-0.25, -0.2) is 0 Å². The van der Waals surface area contributed by atoms with E-state index in [-0.39, 0.29) is 0 Å². The highest BCUT2D eigenvalue weighted by Gasteiger charge is 2.15. The van der Waals surface area contributed by atoms with Gasteiger partial charge in [-0.2, -0.15) is 0 Å². The van der Waals surface area contributed by atoms with Crippen LogP contribution < -0.4 is 16.2 Å². The summed E-state index contributed by atoms with van der Waals surface area (Å²) in [5.41, 5.74) is 12.4. The number of methoxy groups -OCH3 is 1. The SMILES string of the molecule is COc1ccc(C(C)CC(CN)CN)c(Cl)c1. The van der Waals surface area contributed by atoms with Gasteiger partial charge in [0.05, 0.1) is 7.11 Å². The number of nitrogens with two attached hydrogens (primary N) is 2. The lowest BCUT2D eigenvalue weighted by molar-refractivity contribution is 0.414. The second-order valence-corrected chi connectivity index (χ2v) is 4.77. The lowest BCUT2D eigenvalue weighted by atomic mass is 9.90. The highest BCUT2D eigenvalue weighted by Crippen LogP contribution is 2.31. The average molecular weight is 257 g/mol. The monoisotopic (exact) mass is 256 g/mol. The molecule has 1 unspecified atom stereocenters. The minimum Gasteiger partial charge on any atom is -0.497 e. The van der Waals surface area contributed by atoms with Crippen LogP contribution >= 0.6 is 11.6 Å². The van der Waals surface area contributed by atoms with Crippen molar-refractivity contribution < 1.29 is 4.74 Å². The minimum absolute atomic E-state index is 0.350. The van der Waals surface area contributed by atoms with Crippen molar-refractivity contribution in [2.45, 2.75) is 19.3 Å². The van der Waals surface area contributed by atoms with Gasteiger partial charge in [0.15, 0.2) is 0 Å². The summed E-state index contributed by atoms with van der Waals surface area (Å²) in [4.78, 5) is 0.